The van der Waals surface area contributed by atoms with Crippen LogP contribution in [0.5, 0.6) is 0 Å². The Labute approximate surface area is 129 Å². The molecular formula is C17H19N5. The topological polar surface area (TPSA) is 46.3 Å². The van der Waals surface area contributed by atoms with Crippen LogP contribution in [0.3, 0.4) is 0 Å². The fourth-order valence-electron chi connectivity index (χ4n) is 3.02. The standard InChI is InChI=1S/C17H19N5/c1-12(2)17-19-18-15-7-8-16(20-22(15)17)21-10-9-13-5-3-4-6-14(13)11-21/h3-8,12H,9-11H2,1-2H3. The quantitative estimate of drug-likeness (QED) is 0.729. The van der Waals surface area contributed by atoms with E-state index in [4.69, 9.17) is 5.10 Å². The van der Waals surface area contributed by atoms with Crippen LogP contribution in [0, 0.1) is 0 Å². The van der Waals surface area contributed by atoms with Crippen LogP contribution < -0.4 is 4.90 Å². The largest absolute Gasteiger partial charge is 0.351 e. The lowest BCUT2D eigenvalue weighted by molar-refractivity contribution is 0.685. The van der Waals surface area contributed by atoms with Gasteiger partial charge in [0.1, 0.15) is 5.82 Å². The van der Waals surface area contributed by atoms with Crippen LogP contribution in [0.15, 0.2) is 36.4 Å². The van der Waals surface area contributed by atoms with Crippen molar-refractivity contribution in [1.29, 1.82) is 0 Å². The molecule has 3 heterocycles. The molecule has 1 aromatic carbocycles. The van der Waals surface area contributed by atoms with Crippen LogP contribution in [0.4, 0.5) is 5.82 Å². The average Bonchev–Trinajstić information content (AvgIpc) is 2.97. The van der Waals surface area contributed by atoms with Gasteiger partial charge >= 0.3 is 0 Å². The summed E-state index contributed by atoms with van der Waals surface area (Å²) in [6, 6.07) is 12.7. The minimum absolute atomic E-state index is 0.305. The molecule has 1 aliphatic rings. The van der Waals surface area contributed by atoms with Crippen molar-refractivity contribution in [3.63, 3.8) is 0 Å². The molecule has 4 rings (SSSR count). The summed E-state index contributed by atoms with van der Waals surface area (Å²) >= 11 is 0. The molecular weight excluding hydrogens is 274 g/mol. The normalized spacial score (nSPS) is 14.6. The van der Waals surface area contributed by atoms with E-state index in [1.165, 1.54) is 11.1 Å². The van der Waals surface area contributed by atoms with Crippen LogP contribution in [0.1, 0.15) is 36.7 Å². The van der Waals surface area contributed by atoms with E-state index in [2.05, 4.69) is 53.2 Å². The van der Waals surface area contributed by atoms with E-state index in [9.17, 15) is 0 Å². The first-order chi connectivity index (χ1) is 10.7. The molecule has 0 radical (unpaired) electrons. The average molecular weight is 293 g/mol. The van der Waals surface area contributed by atoms with Gasteiger partial charge in [-0.05, 0) is 29.7 Å². The molecule has 5 nitrogen and oxygen atoms in total. The Morgan fingerprint density at radius 2 is 1.82 bits per heavy atom. The third kappa shape index (κ3) is 2.13. The van der Waals surface area contributed by atoms with Crippen molar-refractivity contribution < 1.29 is 0 Å². The Morgan fingerprint density at radius 3 is 2.64 bits per heavy atom. The summed E-state index contributed by atoms with van der Waals surface area (Å²) in [6.45, 7) is 6.13. The lowest BCUT2D eigenvalue weighted by atomic mass is 10.00. The number of fused-ring (bicyclic) bond motifs is 2. The lowest BCUT2D eigenvalue weighted by Gasteiger charge is -2.29. The van der Waals surface area contributed by atoms with Crippen molar-refractivity contribution in [2.75, 3.05) is 11.4 Å². The molecule has 0 atom stereocenters. The SMILES string of the molecule is CC(C)c1nnc2ccc(N3CCc4ccccc4C3)nn12. The van der Waals surface area contributed by atoms with Gasteiger partial charge in [0.2, 0.25) is 0 Å². The number of hydrogen-bond donors (Lipinski definition) is 0. The number of anilines is 1. The fourth-order valence-corrected chi connectivity index (χ4v) is 3.02. The molecule has 0 unspecified atom stereocenters. The third-order valence-electron chi connectivity index (χ3n) is 4.24. The van der Waals surface area contributed by atoms with Gasteiger partial charge in [0.05, 0.1) is 0 Å². The molecule has 22 heavy (non-hydrogen) atoms. The second kappa shape index (κ2) is 5.09. The molecule has 0 N–H and O–H groups in total. The predicted molar refractivity (Wildman–Crippen MR) is 86.1 cm³/mol. The number of rotatable bonds is 2. The molecule has 0 fully saturated rings. The van der Waals surface area contributed by atoms with E-state index < -0.39 is 0 Å². The Balaban J connectivity index is 1.71. The first-order valence-electron chi connectivity index (χ1n) is 7.76. The summed E-state index contributed by atoms with van der Waals surface area (Å²) in [7, 11) is 0. The summed E-state index contributed by atoms with van der Waals surface area (Å²) < 4.78 is 1.88. The first-order valence-corrected chi connectivity index (χ1v) is 7.76. The zero-order valence-electron chi connectivity index (χ0n) is 12.9. The van der Waals surface area contributed by atoms with Gasteiger partial charge in [-0.25, -0.2) is 0 Å². The summed E-state index contributed by atoms with van der Waals surface area (Å²) in [4.78, 5) is 2.33. The summed E-state index contributed by atoms with van der Waals surface area (Å²) in [5.41, 5.74) is 3.65. The van der Waals surface area contributed by atoms with E-state index in [-0.39, 0.29) is 0 Å². The maximum absolute atomic E-state index is 4.77. The van der Waals surface area contributed by atoms with E-state index in [1.807, 2.05) is 16.6 Å². The third-order valence-corrected chi connectivity index (χ3v) is 4.24. The highest BCUT2D eigenvalue weighted by Gasteiger charge is 2.18. The molecule has 5 heteroatoms. The maximum atomic E-state index is 4.77. The van der Waals surface area contributed by atoms with Gasteiger partial charge in [0, 0.05) is 19.0 Å². The molecule has 1 aliphatic heterocycles. The number of nitrogens with zero attached hydrogens (tertiary/aromatic N) is 5. The molecule has 112 valence electrons. The van der Waals surface area contributed by atoms with E-state index in [1.54, 1.807) is 0 Å². The maximum Gasteiger partial charge on any atom is 0.178 e. The highest BCUT2D eigenvalue weighted by atomic mass is 15.4. The lowest BCUT2D eigenvalue weighted by Crippen LogP contribution is -2.31. The Kier molecular flexibility index (Phi) is 3.06. The molecule has 0 saturated carbocycles. The van der Waals surface area contributed by atoms with E-state index in [0.717, 1.165) is 36.8 Å². The van der Waals surface area contributed by atoms with Crippen molar-refractivity contribution in [2.24, 2.45) is 0 Å². The number of benzene rings is 1. The van der Waals surface area contributed by atoms with Gasteiger partial charge in [-0.1, -0.05) is 38.1 Å². The van der Waals surface area contributed by atoms with Crippen LogP contribution in [-0.2, 0) is 13.0 Å². The first kappa shape index (κ1) is 13.2. The van der Waals surface area contributed by atoms with Crippen LogP contribution >= 0.6 is 0 Å². The van der Waals surface area contributed by atoms with Gasteiger partial charge in [0.25, 0.3) is 0 Å². The van der Waals surface area contributed by atoms with Crippen molar-refractivity contribution in [2.45, 2.75) is 32.7 Å². The molecule has 0 amide bonds. The smallest absolute Gasteiger partial charge is 0.178 e. The fraction of sp³-hybridized carbons (Fsp3) is 0.353. The van der Waals surface area contributed by atoms with Crippen LogP contribution in [0.25, 0.3) is 5.65 Å². The van der Waals surface area contributed by atoms with Crippen LogP contribution in [0.2, 0.25) is 0 Å². The minimum Gasteiger partial charge on any atom is -0.351 e. The van der Waals surface area contributed by atoms with E-state index >= 15 is 0 Å². The van der Waals surface area contributed by atoms with Crippen molar-refractivity contribution >= 4 is 11.5 Å². The highest BCUT2D eigenvalue weighted by Crippen LogP contribution is 2.23. The van der Waals surface area contributed by atoms with Crippen molar-refractivity contribution in [1.82, 2.24) is 19.8 Å². The van der Waals surface area contributed by atoms with Crippen LogP contribution in [-0.4, -0.2) is 26.4 Å². The minimum atomic E-state index is 0.305. The van der Waals surface area contributed by atoms with Crippen molar-refractivity contribution in [3.8, 4) is 0 Å². The zero-order valence-corrected chi connectivity index (χ0v) is 12.9. The van der Waals surface area contributed by atoms with Crippen molar-refractivity contribution in [3.05, 3.63) is 53.3 Å². The van der Waals surface area contributed by atoms with Gasteiger partial charge in [-0.15, -0.1) is 15.3 Å². The zero-order chi connectivity index (χ0) is 15.1. The number of aromatic nitrogens is 4. The molecule has 0 saturated heterocycles. The highest BCUT2D eigenvalue weighted by molar-refractivity contribution is 5.48. The Hall–Kier alpha value is -2.43. The number of hydrogen-bond acceptors (Lipinski definition) is 4. The van der Waals surface area contributed by atoms with E-state index in [0.29, 0.717) is 5.92 Å². The molecule has 0 bridgehead atoms. The molecule has 0 aliphatic carbocycles. The molecule has 0 spiro atoms. The Bertz CT molecular complexity index is 821. The molecule has 2 aromatic heterocycles. The summed E-state index contributed by atoms with van der Waals surface area (Å²) in [5, 5.41) is 13.2. The molecule has 3 aromatic rings. The van der Waals surface area contributed by atoms with Gasteiger partial charge in [0.15, 0.2) is 11.5 Å². The summed E-state index contributed by atoms with van der Waals surface area (Å²) in [5.74, 6) is 2.21. The second-order valence-corrected chi connectivity index (χ2v) is 6.11. The van der Waals surface area contributed by atoms with Gasteiger partial charge in [-0.2, -0.15) is 4.52 Å². The monoisotopic (exact) mass is 293 g/mol. The summed E-state index contributed by atoms with van der Waals surface area (Å²) in [6.07, 6.45) is 1.06. The Morgan fingerprint density at radius 1 is 1.00 bits per heavy atom. The van der Waals surface area contributed by atoms with Gasteiger partial charge < -0.3 is 4.90 Å². The second-order valence-electron chi connectivity index (χ2n) is 6.11. The van der Waals surface area contributed by atoms with Gasteiger partial charge in [-0.3, -0.25) is 0 Å². The predicted octanol–water partition coefficient (Wildman–Crippen LogP) is 2.81.